The first-order valence-corrected chi connectivity index (χ1v) is 16.1. The Bertz CT molecular complexity index is 1890. The summed E-state index contributed by atoms with van der Waals surface area (Å²) in [6, 6.07) is 9.99. The van der Waals surface area contributed by atoms with Crippen LogP contribution >= 0.6 is 0 Å². The van der Waals surface area contributed by atoms with E-state index in [0.29, 0.717) is 65.8 Å². The maximum atomic E-state index is 16.1. The van der Waals surface area contributed by atoms with Gasteiger partial charge in [-0.25, -0.2) is 13.2 Å². The fourth-order valence-electron chi connectivity index (χ4n) is 7.60. The highest BCUT2D eigenvalue weighted by atomic mass is 19.1. The summed E-state index contributed by atoms with van der Waals surface area (Å²) in [5.41, 5.74) is 2.17. The number of phenols is 1. The lowest BCUT2D eigenvalue weighted by Crippen LogP contribution is -2.46. The Morgan fingerprint density at radius 1 is 1.17 bits per heavy atom. The van der Waals surface area contributed by atoms with Crippen LogP contribution in [0.3, 0.4) is 0 Å². The minimum Gasteiger partial charge on any atom is -0.508 e. The number of ether oxygens (including phenoxy) is 1. The molecule has 4 aromatic rings. The molecule has 47 heavy (non-hydrogen) atoms. The van der Waals surface area contributed by atoms with Gasteiger partial charge in [-0.1, -0.05) is 13.0 Å². The topological polar surface area (TPSA) is 74.6 Å². The minimum absolute atomic E-state index is 0.0341. The number of benzene rings is 2. The molecule has 0 amide bonds. The van der Waals surface area contributed by atoms with Gasteiger partial charge in [-0.2, -0.15) is 9.97 Å². The van der Waals surface area contributed by atoms with Crippen molar-refractivity contribution in [1.29, 1.82) is 0 Å². The van der Waals surface area contributed by atoms with E-state index in [1.165, 1.54) is 18.2 Å². The molecule has 2 aromatic carbocycles. The Kier molecular flexibility index (Phi) is 8.27. The fourth-order valence-corrected chi connectivity index (χ4v) is 7.60. The minimum atomic E-state index is -0.896. The Morgan fingerprint density at radius 3 is 2.74 bits per heavy atom. The highest BCUT2D eigenvalue weighted by Crippen LogP contribution is 2.41. The molecule has 2 atom stereocenters. The van der Waals surface area contributed by atoms with Crippen molar-refractivity contribution in [2.45, 2.75) is 56.7 Å². The quantitative estimate of drug-likeness (QED) is 0.209. The van der Waals surface area contributed by atoms with Gasteiger partial charge in [0.05, 0.1) is 11.1 Å². The van der Waals surface area contributed by atoms with Crippen molar-refractivity contribution in [2.24, 2.45) is 0 Å². The molecule has 3 fully saturated rings. The van der Waals surface area contributed by atoms with Crippen LogP contribution in [0.2, 0.25) is 0 Å². The number of pyridine rings is 1. The van der Waals surface area contributed by atoms with Gasteiger partial charge in [-0.15, -0.1) is 6.42 Å². The Balaban J connectivity index is 1.24. The molecule has 242 valence electrons. The summed E-state index contributed by atoms with van der Waals surface area (Å²) in [7, 11) is 0. The lowest BCUT2D eigenvalue weighted by atomic mass is 9.91. The van der Waals surface area contributed by atoms with Gasteiger partial charge in [0.2, 0.25) is 0 Å². The zero-order valence-electron chi connectivity index (χ0n) is 26.2. The number of aryl methyl sites for hydroxylation is 1. The first kappa shape index (κ1) is 31.0. The first-order valence-electron chi connectivity index (χ1n) is 16.1. The van der Waals surface area contributed by atoms with Gasteiger partial charge in [-0.05, 0) is 95.6 Å². The van der Waals surface area contributed by atoms with Crippen LogP contribution < -0.4 is 9.64 Å². The Morgan fingerprint density at radius 2 is 1.98 bits per heavy atom. The first-order chi connectivity index (χ1) is 22.8. The summed E-state index contributed by atoms with van der Waals surface area (Å²) >= 11 is 0. The number of fused-ring (bicyclic) bond motifs is 2. The van der Waals surface area contributed by atoms with Gasteiger partial charge < -0.3 is 14.7 Å². The van der Waals surface area contributed by atoms with Crippen LogP contribution in [0.15, 0.2) is 54.6 Å². The molecular weight excluding hydrogens is 603 g/mol. The van der Waals surface area contributed by atoms with Crippen molar-refractivity contribution >= 4 is 22.7 Å². The normalized spacial score (nSPS) is 21.6. The third-order valence-electron chi connectivity index (χ3n) is 9.88. The zero-order chi connectivity index (χ0) is 32.7. The lowest BCUT2D eigenvalue weighted by Gasteiger charge is -2.41. The standard InChI is InChI=1S/C37H36F3N5O2/c1-3-30-32(40)7-6-24-15-29(46)16-25(34(24)30)14-27(38)17-31-33(4-2)42-36(47-22-37-10-5-13-45(37)21-28(39)18-37)43-35(31)44-19-26(20-44)23-8-11-41-12-9-23/h2,6-9,11-12,15-17,26,28,46H,3,5,10,13-14,18-22H2,1H3/b27-17+/t28-,37+/m1/s1. The predicted molar refractivity (Wildman–Crippen MR) is 175 cm³/mol. The molecule has 0 unspecified atom stereocenters. The summed E-state index contributed by atoms with van der Waals surface area (Å²) in [4.78, 5) is 17.5. The number of anilines is 1. The van der Waals surface area contributed by atoms with Gasteiger partial charge in [-0.3, -0.25) is 9.88 Å². The number of aromatic hydroxyl groups is 1. The number of hydrogen-bond donors (Lipinski definition) is 1. The second-order valence-electron chi connectivity index (χ2n) is 12.8. The molecule has 0 spiro atoms. The molecule has 1 N–H and O–H groups in total. The van der Waals surface area contributed by atoms with Crippen LogP contribution in [0.25, 0.3) is 16.8 Å². The number of terminal acetylenes is 1. The molecule has 3 aliphatic rings. The molecule has 3 saturated heterocycles. The molecule has 0 aliphatic carbocycles. The van der Waals surface area contributed by atoms with E-state index in [4.69, 9.17) is 16.1 Å². The van der Waals surface area contributed by atoms with Crippen molar-refractivity contribution in [3.05, 3.63) is 88.4 Å². The number of phenolic OH excluding ortho intramolecular Hbond substituents is 1. The van der Waals surface area contributed by atoms with Crippen LogP contribution in [0.5, 0.6) is 11.8 Å². The molecule has 7 rings (SSSR count). The maximum Gasteiger partial charge on any atom is 0.319 e. The van der Waals surface area contributed by atoms with E-state index in [0.717, 1.165) is 24.9 Å². The van der Waals surface area contributed by atoms with Gasteiger partial charge in [0.15, 0.2) is 0 Å². The number of rotatable bonds is 9. The van der Waals surface area contributed by atoms with Crippen molar-refractivity contribution in [3.8, 4) is 24.1 Å². The number of allylic oxidation sites excluding steroid dienone is 1. The van der Waals surface area contributed by atoms with Crippen molar-refractivity contribution in [2.75, 3.05) is 37.7 Å². The largest absolute Gasteiger partial charge is 0.508 e. The van der Waals surface area contributed by atoms with E-state index in [9.17, 15) is 13.9 Å². The van der Waals surface area contributed by atoms with Crippen LogP contribution in [0.4, 0.5) is 19.0 Å². The molecule has 0 radical (unpaired) electrons. The summed E-state index contributed by atoms with van der Waals surface area (Å²) in [6.07, 6.45) is 12.3. The second kappa shape index (κ2) is 12.5. The number of alkyl halides is 1. The van der Waals surface area contributed by atoms with Crippen LogP contribution in [0, 0.1) is 18.2 Å². The highest BCUT2D eigenvalue weighted by molar-refractivity contribution is 5.91. The maximum absolute atomic E-state index is 16.1. The molecule has 0 bridgehead atoms. The SMILES string of the molecule is C#Cc1nc(OC[C@@]23CCCN2C[C@H](F)C3)nc(N2CC(c3ccncc3)C2)c1/C=C(/F)Cc1cc(O)cc2ccc(F)c(CC)c12. The fraction of sp³-hybridized carbons (Fsp3) is 0.378. The summed E-state index contributed by atoms with van der Waals surface area (Å²) in [6.45, 7) is 4.54. The second-order valence-corrected chi connectivity index (χ2v) is 12.8. The molecule has 3 aliphatic heterocycles. The summed E-state index contributed by atoms with van der Waals surface area (Å²) < 4.78 is 51.4. The highest BCUT2D eigenvalue weighted by Gasteiger charge is 2.49. The predicted octanol–water partition coefficient (Wildman–Crippen LogP) is 6.53. The average Bonchev–Trinajstić information content (AvgIpc) is 3.56. The summed E-state index contributed by atoms with van der Waals surface area (Å²) in [5, 5.41) is 11.6. The van der Waals surface area contributed by atoms with Crippen LogP contribution in [-0.4, -0.2) is 69.5 Å². The van der Waals surface area contributed by atoms with Crippen molar-refractivity contribution < 1.29 is 23.0 Å². The number of nitrogens with zero attached hydrogens (tertiary/aromatic N) is 5. The monoisotopic (exact) mass is 639 g/mol. The van der Waals surface area contributed by atoms with Crippen molar-refractivity contribution in [3.63, 3.8) is 0 Å². The number of hydrogen-bond acceptors (Lipinski definition) is 7. The smallest absolute Gasteiger partial charge is 0.319 e. The average molecular weight is 640 g/mol. The Labute approximate surface area is 272 Å². The van der Waals surface area contributed by atoms with E-state index < -0.39 is 17.5 Å². The van der Waals surface area contributed by atoms with Gasteiger partial charge in [0.25, 0.3) is 0 Å². The third kappa shape index (κ3) is 5.89. The Hall–Kier alpha value is -4.62. The van der Waals surface area contributed by atoms with E-state index >= 15 is 4.39 Å². The zero-order valence-corrected chi connectivity index (χ0v) is 26.2. The molecule has 5 heterocycles. The molecule has 0 saturated carbocycles. The third-order valence-corrected chi connectivity index (χ3v) is 9.88. The van der Waals surface area contributed by atoms with E-state index in [1.807, 2.05) is 24.0 Å². The molecular formula is C37H36F3N5O2. The van der Waals surface area contributed by atoms with Crippen LogP contribution in [0.1, 0.15) is 60.1 Å². The molecule has 7 nitrogen and oxygen atoms in total. The van der Waals surface area contributed by atoms with E-state index in [2.05, 4.69) is 20.8 Å². The van der Waals surface area contributed by atoms with E-state index in [1.54, 1.807) is 24.5 Å². The molecule has 2 aromatic heterocycles. The number of aromatic nitrogens is 3. The lowest BCUT2D eigenvalue weighted by molar-refractivity contribution is 0.107. The van der Waals surface area contributed by atoms with Crippen LogP contribution in [-0.2, 0) is 12.8 Å². The van der Waals surface area contributed by atoms with Gasteiger partial charge in [0.1, 0.15) is 41.7 Å². The molecule has 10 heteroatoms. The number of halogens is 3. The van der Waals surface area contributed by atoms with Crippen molar-refractivity contribution in [1.82, 2.24) is 19.9 Å². The van der Waals surface area contributed by atoms with Gasteiger partial charge in [0, 0.05) is 50.8 Å². The summed E-state index contributed by atoms with van der Waals surface area (Å²) in [5.74, 6) is 2.30. The van der Waals surface area contributed by atoms with E-state index in [-0.39, 0.29) is 42.2 Å². The van der Waals surface area contributed by atoms with Gasteiger partial charge >= 0.3 is 6.01 Å².